The molecular weight excluding hydrogens is 200 g/mol. The van der Waals surface area contributed by atoms with E-state index in [-0.39, 0.29) is 6.10 Å². The summed E-state index contributed by atoms with van der Waals surface area (Å²) in [5, 5.41) is 20.5. The van der Waals surface area contributed by atoms with E-state index >= 15 is 0 Å². The third kappa shape index (κ3) is 2.77. The van der Waals surface area contributed by atoms with Gasteiger partial charge in [-0.05, 0) is 13.8 Å². The van der Waals surface area contributed by atoms with Crippen LogP contribution in [0.2, 0.25) is 0 Å². The summed E-state index contributed by atoms with van der Waals surface area (Å²) in [6, 6.07) is 2.00. The number of aromatic nitrogens is 1. The maximum Gasteiger partial charge on any atom is 0.195 e. The van der Waals surface area contributed by atoms with Crippen LogP contribution in [0.25, 0.3) is 0 Å². The molecule has 3 unspecified atom stereocenters. The molecule has 1 N–H and O–H groups in total. The molecule has 0 aliphatic carbocycles. The molecule has 0 bridgehead atoms. The van der Waals surface area contributed by atoms with E-state index in [2.05, 4.69) is 4.98 Å². The van der Waals surface area contributed by atoms with E-state index in [1.54, 1.807) is 25.4 Å². The molecule has 0 aliphatic rings. The van der Waals surface area contributed by atoms with E-state index in [4.69, 9.17) is 10.00 Å². The quantitative estimate of drug-likeness (QED) is 0.821. The second-order valence-electron chi connectivity index (χ2n) is 2.96. The Bertz CT molecular complexity index is 305. The van der Waals surface area contributed by atoms with Gasteiger partial charge in [-0.15, -0.1) is 11.3 Å². The minimum Gasteiger partial charge on any atom is -0.391 e. The van der Waals surface area contributed by atoms with Crippen molar-refractivity contribution in [1.82, 2.24) is 4.98 Å². The molecule has 1 rings (SSSR count). The summed E-state index contributed by atoms with van der Waals surface area (Å²) in [5.74, 6) is 0. The zero-order valence-electron chi connectivity index (χ0n) is 8.04. The van der Waals surface area contributed by atoms with Gasteiger partial charge in [0.15, 0.2) is 6.10 Å². The number of aliphatic hydroxyl groups is 1. The lowest BCUT2D eigenvalue weighted by molar-refractivity contribution is -0.0426. The molecule has 14 heavy (non-hydrogen) atoms. The Morgan fingerprint density at radius 3 is 2.79 bits per heavy atom. The summed E-state index contributed by atoms with van der Waals surface area (Å²) in [6.45, 7) is 3.35. The first-order valence-corrected chi connectivity index (χ1v) is 5.15. The standard InChI is InChI=1S/C9H12N2O2S/c1-6(12)7(2)13-8(5-10)9-11-3-4-14-9/h3-4,6-8,12H,1-2H3. The number of nitriles is 1. The van der Waals surface area contributed by atoms with Gasteiger partial charge in [-0.25, -0.2) is 4.98 Å². The Kier molecular flexibility index (Phi) is 4.01. The van der Waals surface area contributed by atoms with Crippen LogP contribution in [0.3, 0.4) is 0 Å². The molecule has 0 amide bonds. The molecule has 5 heteroatoms. The normalized spacial score (nSPS) is 17.0. The van der Waals surface area contributed by atoms with Crippen LogP contribution in [0.1, 0.15) is 25.0 Å². The van der Waals surface area contributed by atoms with E-state index < -0.39 is 12.2 Å². The monoisotopic (exact) mass is 212 g/mol. The summed E-state index contributed by atoms with van der Waals surface area (Å²) in [5.41, 5.74) is 0. The van der Waals surface area contributed by atoms with E-state index in [1.807, 2.05) is 6.07 Å². The Labute approximate surface area is 86.8 Å². The van der Waals surface area contributed by atoms with E-state index in [1.165, 1.54) is 11.3 Å². The van der Waals surface area contributed by atoms with Gasteiger partial charge in [0.25, 0.3) is 0 Å². The molecule has 3 atom stereocenters. The Morgan fingerprint density at radius 2 is 2.36 bits per heavy atom. The third-order valence-corrected chi connectivity index (χ3v) is 2.64. The highest BCUT2D eigenvalue weighted by atomic mass is 32.1. The number of aliphatic hydroxyl groups excluding tert-OH is 1. The lowest BCUT2D eigenvalue weighted by Crippen LogP contribution is -2.24. The molecule has 0 radical (unpaired) electrons. The molecule has 0 saturated heterocycles. The molecule has 0 fully saturated rings. The largest absolute Gasteiger partial charge is 0.391 e. The lowest BCUT2D eigenvalue weighted by atomic mass is 10.2. The van der Waals surface area contributed by atoms with Crippen LogP contribution < -0.4 is 0 Å². The van der Waals surface area contributed by atoms with Gasteiger partial charge in [0.1, 0.15) is 11.1 Å². The maximum absolute atomic E-state index is 9.21. The fourth-order valence-corrected chi connectivity index (χ4v) is 1.45. The average Bonchev–Trinajstić information content (AvgIpc) is 2.66. The van der Waals surface area contributed by atoms with E-state index in [0.29, 0.717) is 5.01 Å². The highest BCUT2D eigenvalue weighted by molar-refractivity contribution is 7.09. The maximum atomic E-state index is 9.21. The predicted molar refractivity (Wildman–Crippen MR) is 52.7 cm³/mol. The topological polar surface area (TPSA) is 66.1 Å². The summed E-state index contributed by atoms with van der Waals surface area (Å²) < 4.78 is 5.34. The first kappa shape index (κ1) is 11.1. The summed E-state index contributed by atoms with van der Waals surface area (Å²) in [7, 11) is 0. The van der Waals surface area contributed by atoms with E-state index in [0.717, 1.165) is 0 Å². The summed E-state index contributed by atoms with van der Waals surface area (Å²) >= 11 is 1.37. The number of hydrogen-bond acceptors (Lipinski definition) is 5. The minimum atomic E-state index is -0.681. The molecule has 1 heterocycles. The second kappa shape index (κ2) is 5.05. The van der Waals surface area contributed by atoms with Crippen molar-refractivity contribution in [3.8, 4) is 6.07 Å². The fourth-order valence-electron chi connectivity index (χ4n) is 0.836. The van der Waals surface area contributed by atoms with Crippen LogP contribution in [0.15, 0.2) is 11.6 Å². The van der Waals surface area contributed by atoms with Gasteiger partial charge in [-0.1, -0.05) is 0 Å². The Balaban J connectivity index is 2.62. The van der Waals surface area contributed by atoms with Crippen LogP contribution in [0, 0.1) is 11.3 Å². The third-order valence-electron chi connectivity index (χ3n) is 1.82. The zero-order chi connectivity index (χ0) is 10.6. The molecule has 0 aromatic carbocycles. The first-order valence-electron chi connectivity index (χ1n) is 4.27. The SMILES string of the molecule is CC(O)C(C)OC(C#N)c1nccs1. The number of nitrogens with zero attached hydrogens (tertiary/aromatic N) is 2. The molecular formula is C9H12N2O2S. The van der Waals surface area contributed by atoms with Crippen molar-refractivity contribution in [3.05, 3.63) is 16.6 Å². The first-order chi connectivity index (χ1) is 6.65. The summed E-state index contributed by atoms with van der Waals surface area (Å²) in [4.78, 5) is 3.99. The van der Waals surface area contributed by atoms with Gasteiger partial charge in [-0.2, -0.15) is 5.26 Å². The van der Waals surface area contributed by atoms with Crippen LogP contribution in [-0.4, -0.2) is 22.3 Å². The Morgan fingerprint density at radius 1 is 1.64 bits per heavy atom. The van der Waals surface area contributed by atoms with Crippen LogP contribution in [0.5, 0.6) is 0 Å². The lowest BCUT2D eigenvalue weighted by Gasteiger charge is -2.17. The van der Waals surface area contributed by atoms with Crippen LogP contribution in [0.4, 0.5) is 0 Å². The minimum absolute atomic E-state index is 0.372. The van der Waals surface area contributed by atoms with Crippen LogP contribution in [-0.2, 0) is 4.74 Å². The van der Waals surface area contributed by atoms with Crippen molar-refractivity contribution in [1.29, 1.82) is 5.26 Å². The summed E-state index contributed by atoms with van der Waals surface area (Å²) in [6.07, 6.45) is -0.0187. The van der Waals surface area contributed by atoms with Gasteiger partial charge in [-0.3, -0.25) is 0 Å². The molecule has 1 aromatic heterocycles. The second-order valence-corrected chi connectivity index (χ2v) is 3.89. The Hall–Kier alpha value is -0.960. The van der Waals surface area contributed by atoms with Crippen molar-refractivity contribution in [2.75, 3.05) is 0 Å². The molecule has 0 saturated carbocycles. The van der Waals surface area contributed by atoms with E-state index in [9.17, 15) is 5.11 Å². The molecule has 76 valence electrons. The van der Waals surface area contributed by atoms with Gasteiger partial charge in [0.2, 0.25) is 0 Å². The number of rotatable bonds is 4. The smallest absolute Gasteiger partial charge is 0.195 e. The van der Waals surface area contributed by atoms with Crippen molar-refractivity contribution in [3.63, 3.8) is 0 Å². The zero-order valence-corrected chi connectivity index (χ0v) is 8.86. The highest BCUT2D eigenvalue weighted by Gasteiger charge is 2.19. The van der Waals surface area contributed by atoms with Gasteiger partial charge >= 0.3 is 0 Å². The average molecular weight is 212 g/mol. The van der Waals surface area contributed by atoms with Crippen molar-refractivity contribution >= 4 is 11.3 Å². The number of hydrogen-bond donors (Lipinski definition) is 1. The number of thiazole rings is 1. The van der Waals surface area contributed by atoms with Crippen molar-refractivity contribution in [2.45, 2.75) is 32.2 Å². The molecule has 0 aliphatic heterocycles. The van der Waals surface area contributed by atoms with Crippen molar-refractivity contribution in [2.24, 2.45) is 0 Å². The highest BCUT2D eigenvalue weighted by Crippen LogP contribution is 2.21. The van der Waals surface area contributed by atoms with Crippen LogP contribution >= 0.6 is 11.3 Å². The molecule has 0 spiro atoms. The van der Waals surface area contributed by atoms with Gasteiger partial charge in [0, 0.05) is 11.6 Å². The van der Waals surface area contributed by atoms with Crippen molar-refractivity contribution < 1.29 is 9.84 Å². The van der Waals surface area contributed by atoms with Gasteiger partial charge in [0.05, 0.1) is 12.2 Å². The predicted octanol–water partition coefficient (Wildman–Crippen LogP) is 1.49. The molecule has 1 aromatic rings. The van der Waals surface area contributed by atoms with Gasteiger partial charge < -0.3 is 9.84 Å². The molecule has 4 nitrogen and oxygen atoms in total. The fraction of sp³-hybridized carbons (Fsp3) is 0.556. The number of ether oxygens (including phenoxy) is 1.